The van der Waals surface area contributed by atoms with E-state index < -0.39 is 64.7 Å². The van der Waals surface area contributed by atoms with Crippen molar-refractivity contribution in [1.82, 2.24) is 20.8 Å². The van der Waals surface area contributed by atoms with Crippen LogP contribution >= 0.6 is 0 Å². The van der Waals surface area contributed by atoms with Crippen LogP contribution in [-0.2, 0) is 26.9 Å². The summed E-state index contributed by atoms with van der Waals surface area (Å²) in [4.78, 5) is 42.8. The van der Waals surface area contributed by atoms with Crippen LogP contribution < -0.4 is 15.5 Å². The van der Waals surface area contributed by atoms with Crippen molar-refractivity contribution < 1.29 is 41.2 Å². The molecule has 0 unspecified atom stereocenters. The van der Waals surface area contributed by atoms with E-state index in [1.807, 2.05) is 0 Å². The molecule has 34 heavy (non-hydrogen) atoms. The molecule has 3 aliphatic heterocycles. The zero-order chi connectivity index (χ0) is 24.6. The molecule has 0 saturated carbocycles. The highest BCUT2D eigenvalue weighted by molar-refractivity contribution is 6.20. The van der Waals surface area contributed by atoms with Crippen molar-refractivity contribution in [2.24, 2.45) is 5.41 Å². The smallest absolute Gasteiger partial charge is 0.372 e. The molecule has 1 aromatic carbocycles. The number of rotatable bonds is 1. The van der Waals surface area contributed by atoms with E-state index in [0.29, 0.717) is 5.69 Å². The van der Waals surface area contributed by atoms with Crippen LogP contribution in [0, 0.1) is 11.2 Å². The maximum Gasteiger partial charge on any atom is 0.471 e. The van der Waals surface area contributed by atoms with Crippen LogP contribution in [0.25, 0.3) is 11.4 Å². The number of fused-ring (bicyclic) bond motifs is 4. The zero-order valence-corrected chi connectivity index (χ0v) is 17.7. The molecule has 10 nitrogen and oxygen atoms in total. The minimum absolute atomic E-state index is 0.192. The Bertz CT molecular complexity index is 1210. The van der Waals surface area contributed by atoms with Gasteiger partial charge in [-0.05, 0) is 38.0 Å². The Balaban J connectivity index is 1.67. The fourth-order valence-corrected chi connectivity index (χ4v) is 5.08. The van der Waals surface area contributed by atoms with Gasteiger partial charge in [-0.25, -0.2) is 9.18 Å². The third kappa shape index (κ3) is 3.15. The van der Waals surface area contributed by atoms with Gasteiger partial charge in [0.1, 0.15) is 5.82 Å². The highest BCUT2D eigenvalue weighted by Crippen LogP contribution is 2.48. The number of morpholine rings is 1. The van der Waals surface area contributed by atoms with Gasteiger partial charge in [0, 0.05) is 12.2 Å². The molecule has 2 fully saturated rings. The standard InChI is InChI=1S/C20H17F4N5O5/c1-7-6-29-12-4-11(21)10(14-25-17(34-28-14)20(22,23)24)3-9(12)5-19(13(29)8(2)33-7)15(30)26-18(32)27-16(19)31/h3-4,7-8,13H,5-6H2,1-2H3,(H2,26,27,30,31,32)/t7-,8+,13-/m1/s1. The minimum atomic E-state index is -4.92. The maximum absolute atomic E-state index is 15.1. The van der Waals surface area contributed by atoms with Crippen molar-refractivity contribution in [3.63, 3.8) is 0 Å². The predicted octanol–water partition coefficient (Wildman–Crippen LogP) is 1.79. The Labute approximate surface area is 188 Å². The fraction of sp³-hybridized carbons (Fsp3) is 0.450. The molecule has 2 N–H and O–H groups in total. The normalized spacial score (nSPS) is 26.1. The second-order valence-corrected chi connectivity index (χ2v) is 8.52. The van der Waals surface area contributed by atoms with Gasteiger partial charge >= 0.3 is 18.1 Å². The SMILES string of the molecule is C[C@@H]1CN2c3cc(F)c(-c4noc(C(F)(F)F)n4)cc3CC3(C(=O)NC(=O)NC3=O)[C@H]2[C@H](C)O1. The first-order chi connectivity index (χ1) is 15.9. The largest absolute Gasteiger partial charge is 0.471 e. The molecule has 4 heterocycles. The van der Waals surface area contributed by atoms with Crippen molar-refractivity contribution in [3.8, 4) is 11.4 Å². The summed E-state index contributed by atoms with van der Waals surface area (Å²) in [6, 6.07) is 0.441. The van der Waals surface area contributed by atoms with Crippen molar-refractivity contribution in [1.29, 1.82) is 0 Å². The van der Waals surface area contributed by atoms with E-state index in [-0.39, 0.29) is 24.6 Å². The van der Waals surface area contributed by atoms with Crippen molar-refractivity contribution in [2.45, 2.75) is 44.7 Å². The van der Waals surface area contributed by atoms with Crippen LogP contribution in [0.4, 0.5) is 28.0 Å². The molecule has 180 valence electrons. The molecule has 0 bridgehead atoms. The second kappa shape index (κ2) is 7.22. The van der Waals surface area contributed by atoms with Gasteiger partial charge in [-0.15, -0.1) is 0 Å². The highest BCUT2D eigenvalue weighted by Gasteiger charge is 2.62. The first-order valence-corrected chi connectivity index (χ1v) is 10.2. The van der Waals surface area contributed by atoms with E-state index in [9.17, 15) is 27.6 Å². The van der Waals surface area contributed by atoms with Crippen LogP contribution in [0.2, 0.25) is 0 Å². The fourth-order valence-electron chi connectivity index (χ4n) is 5.08. The zero-order valence-electron chi connectivity index (χ0n) is 17.7. The molecule has 1 aromatic heterocycles. The van der Waals surface area contributed by atoms with Crippen LogP contribution in [0.15, 0.2) is 16.7 Å². The predicted molar refractivity (Wildman–Crippen MR) is 104 cm³/mol. The van der Waals surface area contributed by atoms with E-state index in [0.717, 1.165) is 6.07 Å². The summed E-state index contributed by atoms with van der Waals surface area (Å²) in [5.41, 5.74) is -1.58. The minimum Gasteiger partial charge on any atom is -0.372 e. The number of benzene rings is 1. The molecule has 4 amide bonds. The van der Waals surface area contributed by atoms with Crippen molar-refractivity contribution >= 4 is 23.5 Å². The first kappa shape index (κ1) is 22.3. The average Bonchev–Trinajstić information content (AvgIpc) is 3.22. The molecule has 2 saturated heterocycles. The quantitative estimate of drug-likeness (QED) is 0.465. The molecule has 0 radical (unpaired) electrons. The van der Waals surface area contributed by atoms with Crippen LogP contribution in [0.3, 0.4) is 0 Å². The van der Waals surface area contributed by atoms with Gasteiger partial charge in [0.15, 0.2) is 5.41 Å². The third-order valence-corrected chi connectivity index (χ3v) is 6.31. The van der Waals surface area contributed by atoms with Crippen LogP contribution in [0.1, 0.15) is 25.3 Å². The number of halogens is 4. The lowest BCUT2D eigenvalue weighted by Gasteiger charge is -2.55. The van der Waals surface area contributed by atoms with Gasteiger partial charge in [-0.3, -0.25) is 20.2 Å². The summed E-state index contributed by atoms with van der Waals surface area (Å²) in [7, 11) is 0. The summed E-state index contributed by atoms with van der Waals surface area (Å²) in [6.07, 6.45) is -6.19. The third-order valence-electron chi connectivity index (χ3n) is 6.31. The first-order valence-electron chi connectivity index (χ1n) is 10.2. The lowest BCUT2D eigenvalue weighted by Crippen LogP contribution is -2.75. The second-order valence-electron chi connectivity index (χ2n) is 8.52. The summed E-state index contributed by atoms with van der Waals surface area (Å²) in [6.45, 7) is 3.62. The Morgan fingerprint density at radius 1 is 1.15 bits per heavy atom. The van der Waals surface area contributed by atoms with E-state index in [2.05, 4.69) is 25.3 Å². The molecule has 3 atom stereocenters. The number of ether oxygens (including phenoxy) is 1. The molecule has 1 spiro atoms. The van der Waals surface area contributed by atoms with Gasteiger partial charge < -0.3 is 14.2 Å². The number of amides is 4. The Morgan fingerprint density at radius 2 is 1.82 bits per heavy atom. The number of nitrogens with one attached hydrogen (secondary N) is 2. The number of aromatic nitrogens is 2. The summed E-state index contributed by atoms with van der Waals surface area (Å²) in [5.74, 6) is -4.90. The van der Waals surface area contributed by atoms with Crippen LogP contribution in [-0.4, -0.2) is 52.8 Å². The van der Waals surface area contributed by atoms with Crippen molar-refractivity contribution in [3.05, 3.63) is 29.4 Å². The average molecular weight is 483 g/mol. The number of barbiturate groups is 1. The number of anilines is 1. The number of carbonyl (C=O) groups excluding carboxylic acids is 3. The molecular weight excluding hydrogens is 466 g/mol. The number of hydrogen-bond acceptors (Lipinski definition) is 8. The lowest BCUT2D eigenvalue weighted by molar-refractivity contribution is -0.159. The van der Waals surface area contributed by atoms with Gasteiger partial charge in [0.05, 0.1) is 23.8 Å². The Hall–Kier alpha value is -3.55. The number of hydrogen-bond donors (Lipinski definition) is 2. The van der Waals surface area contributed by atoms with E-state index in [1.54, 1.807) is 18.7 Å². The topological polar surface area (TPSA) is 127 Å². The van der Waals surface area contributed by atoms with Crippen molar-refractivity contribution in [2.75, 3.05) is 11.4 Å². The lowest BCUT2D eigenvalue weighted by atomic mass is 9.66. The molecular formula is C20H17F4N5O5. The molecule has 0 aliphatic carbocycles. The monoisotopic (exact) mass is 483 g/mol. The maximum atomic E-state index is 15.1. The molecule has 14 heteroatoms. The summed E-state index contributed by atoms with van der Waals surface area (Å²) >= 11 is 0. The van der Waals surface area contributed by atoms with Crippen LogP contribution in [0.5, 0.6) is 0 Å². The number of imide groups is 2. The van der Waals surface area contributed by atoms with Gasteiger partial charge in [0.2, 0.25) is 17.6 Å². The summed E-state index contributed by atoms with van der Waals surface area (Å²) < 4.78 is 63.8. The highest BCUT2D eigenvalue weighted by atomic mass is 19.4. The van der Waals surface area contributed by atoms with E-state index >= 15 is 4.39 Å². The van der Waals surface area contributed by atoms with Gasteiger partial charge in [-0.1, -0.05) is 5.16 Å². The van der Waals surface area contributed by atoms with E-state index in [1.165, 1.54) is 6.07 Å². The number of nitrogens with zero attached hydrogens (tertiary/aromatic N) is 3. The molecule has 3 aliphatic rings. The van der Waals surface area contributed by atoms with E-state index in [4.69, 9.17) is 4.74 Å². The number of urea groups is 1. The number of carbonyl (C=O) groups is 3. The molecule has 2 aromatic rings. The summed E-state index contributed by atoms with van der Waals surface area (Å²) in [5, 5.41) is 7.45. The number of alkyl halides is 3. The Kier molecular flexibility index (Phi) is 4.73. The van der Waals surface area contributed by atoms with Gasteiger partial charge in [-0.2, -0.15) is 18.2 Å². The van der Waals surface area contributed by atoms with Gasteiger partial charge in [0.25, 0.3) is 0 Å². The Morgan fingerprint density at radius 3 is 2.44 bits per heavy atom. The molecule has 5 rings (SSSR count).